The second kappa shape index (κ2) is 12.8. The summed E-state index contributed by atoms with van der Waals surface area (Å²) in [6, 6.07) is 6.60. The molecule has 0 aliphatic heterocycles. The molecule has 2 rings (SSSR count). The van der Waals surface area contributed by atoms with Crippen LogP contribution in [0.3, 0.4) is 0 Å². The monoisotopic (exact) mass is 465 g/mol. The molecule has 2 amide bonds. The number of halogens is 1. The van der Waals surface area contributed by atoms with Gasteiger partial charge in [0, 0.05) is 24.3 Å². The van der Waals surface area contributed by atoms with E-state index in [1.54, 1.807) is 29.2 Å². The van der Waals surface area contributed by atoms with Crippen LogP contribution in [-0.2, 0) is 4.79 Å². The van der Waals surface area contributed by atoms with Crippen molar-refractivity contribution in [3.8, 4) is 5.88 Å². The normalized spacial score (nSPS) is 10.3. The Morgan fingerprint density at radius 2 is 2.06 bits per heavy atom. The van der Waals surface area contributed by atoms with E-state index in [1.165, 1.54) is 12.3 Å². The van der Waals surface area contributed by atoms with Gasteiger partial charge in [-0.2, -0.15) is 17.6 Å². The van der Waals surface area contributed by atoms with Gasteiger partial charge in [-0.15, -0.1) is 0 Å². The van der Waals surface area contributed by atoms with E-state index in [1.807, 2.05) is 0 Å². The van der Waals surface area contributed by atoms with Crippen LogP contribution in [0.4, 0.5) is 11.6 Å². The maximum Gasteiger partial charge on any atom is 0.254 e. The fourth-order valence-corrected chi connectivity index (χ4v) is 2.87. The molecule has 11 heteroatoms. The average Bonchev–Trinajstić information content (AvgIpc) is 2.79. The number of benzene rings is 1. The second-order valence-corrected chi connectivity index (χ2v) is 6.87. The highest BCUT2D eigenvalue weighted by Gasteiger charge is 2.14. The number of aromatic nitrogens is 2. The molecule has 0 saturated carbocycles. The summed E-state index contributed by atoms with van der Waals surface area (Å²) in [7, 11) is 0. The van der Waals surface area contributed by atoms with Crippen LogP contribution in [-0.4, -0.2) is 64.0 Å². The van der Waals surface area contributed by atoms with Crippen LogP contribution in [0.1, 0.15) is 16.8 Å². The van der Waals surface area contributed by atoms with Crippen molar-refractivity contribution in [3.63, 3.8) is 0 Å². The Morgan fingerprint density at radius 1 is 1.32 bits per heavy atom. The predicted octanol–water partition coefficient (Wildman–Crippen LogP) is 2.46. The maximum atomic E-state index is 12.7. The molecule has 1 heterocycles. The van der Waals surface area contributed by atoms with Crippen LogP contribution in [0, 0.1) is 0 Å². The van der Waals surface area contributed by atoms with Crippen molar-refractivity contribution in [2.45, 2.75) is 6.42 Å². The predicted molar refractivity (Wildman–Crippen MR) is 123 cm³/mol. The van der Waals surface area contributed by atoms with E-state index >= 15 is 0 Å². The van der Waals surface area contributed by atoms with Gasteiger partial charge in [0.2, 0.25) is 17.7 Å². The number of nitrogens with one attached hydrogen (secondary N) is 2. The first-order chi connectivity index (χ1) is 15.0. The van der Waals surface area contributed by atoms with Crippen LogP contribution < -0.4 is 15.4 Å². The van der Waals surface area contributed by atoms with Gasteiger partial charge in [-0.3, -0.25) is 9.59 Å². The van der Waals surface area contributed by atoms with Crippen molar-refractivity contribution in [3.05, 3.63) is 53.7 Å². The number of carbonyl (C=O) groups excluding carboxylic acids is 2. The molecule has 0 unspecified atom stereocenters. The van der Waals surface area contributed by atoms with Gasteiger partial charge in [0.1, 0.15) is 11.6 Å². The minimum absolute atomic E-state index is 0.0802. The molecule has 1 aromatic carbocycles. The summed E-state index contributed by atoms with van der Waals surface area (Å²) in [5, 5.41) is 14.8. The summed E-state index contributed by atoms with van der Waals surface area (Å²) < 4.78 is 5.24. The van der Waals surface area contributed by atoms with Gasteiger partial charge in [-0.25, -0.2) is 4.98 Å². The van der Waals surface area contributed by atoms with Gasteiger partial charge in [0.05, 0.1) is 18.7 Å². The minimum atomic E-state index is -0.319. The van der Waals surface area contributed by atoms with E-state index in [-0.39, 0.29) is 41.8 Å². The van der Waals surface area contributed by atoms with Crippen molar-refractivity contribution in [2.24, 2.45) is 0 Å². The topological polar surface area (TPSA) is 117 Å². The zero-order valence-electron chi connectivity index (χ0n) is 16.8. The van der Waals surface area contributed by atoms with Crippen molar-refractivity contribution in [2.75, 3.05) is 42.8 Å². The van der Waals surface area contributed by atoms with Crippen LogP contribution in [0.25, 0.3) is 0 Å². The highest BCUT2D eigenvalue weighted by atomic mass is 35.5. The molecular formula is C20H24ClN5O4S. The third-order valence-electron chi connectivity index (χ3n) is 3.97. The minimum Gasteiger partial charge on any atom is -0.474 e. The van der Waals surface area contributed by atoms with E-state index in [9.17, 15) is 9.59 Å². The number of aliphatic hydroxyl groups excluding tert-OH is 1. The Morgan fingerprint density at radius 3 is 2.71 bits per heavy atom. The summed E-state index contributed by atoms with van der Waals surface area (Å²) in [4.78, 5) is 33.8. The largest absolute Gasteiger partial charge is 0.474 e. The van der Waals surface area contributed by atoms with E-state index in [0.717, 1.165) is 0 Å². The molecule has 166 valence electrons. The van der Waals surface area contributed by atoms with E-state index in [2.05, 4.69) is 39.8 Å². The maximum absolute atomic E-state index is 12.7. The molecule has 0 bridgehead atoms. The van der Waals surface area contributed by atoms with Gasteiger partial charge in [-0.1, -0.05) is 18.2 Å². The Balaban J connectivity index is 1.85. The lowest BCUT2D eigenvalue weighted by molar-refractivity contribution is -0.111. The number of hydrogen-bond donors (Lipinski definition) is 4. The highest BCUT2D eigenvalue weighted by Crippen LogP contribution is 2.21. The van der Waals surface area contributed by atoms with E-state index in [4.69, 9.17) is 21.4 Å². The van der Waals surface area contributed by atoms with Gasteiger partial charge in [-0.05, 0) is 36.8 Å². The van der Waals surface area contributed by atoms with Crippen LogP contribution in [0.2, 0.25) is 5.02 Å². The Hall–Kier alpha value is -2.82. The van der Waals surface area contributed by atoms with Crippen molar-refractivity contribution in [1.29, 1.82) is 0 Å². The van der Waals surface area contributed by atoms with Crippen LogP contribution >= 0.6 is 24.2 Å². The number of amides is 2. The van der Waals surface area contributed by atoms with Crippen LogP contribution in [0.5, 0.6) is 5.88 Å². The zero-order valence-corrected chi connectivity index (χ0v) is 18.4. The van der Waals surface area contributed by atoms with Gasteiger partial charge >= 0.3 is 0 Å². The van der Waals surface area contributed by atoms with E-state index in [0.29, 0.717) is 36.7 Å². The molecule has 0 fully saturated rings. The van der Waals surface area contributed by atoms with Crippen molar-refractivity contribution in [1.82, 2.24) is 14.9 Å². The molecule has 0 radical (unpaired) electrons. The zero-order chi connectivity index (χ0) is 22.6. The fourth-order valence-electron chi connectivity index (χ4n) is 2.46. The molecule has 1 aromatic heterocycles. The smallest absolute Gasteiger partial charge is 0.254 e. The van der Waals surface area contributed by atoms with Gasteiger partial charge in [0.25, 0.3) is 5.91 Å². The SMILES string of the molecule is C=CC(=O)Nc1ccc(C(=O)N(CS)CCCNc2ncc(Cl)c(OCCO)n2)cc1. The number of anilines is 2. The number of rotatable bonds is 12. The lowest BCUT2D eigenvalue weighted by Crippen LogP contribution is -2.32. The Bertz CT molecular complexity index is 898. The number of carbonyl (C=O) groups is 2. The lowest BCUT2D eigenvalue weighted by atomic mass is 10.1. The molecule has 3 N–H and O–H groups in total. The summed E-state index contributed by atoms with van der Waals surface area (Å²) in [6.07, 6.45) is 3.21. The number of nitrogens with zero attached hydrogens (tertiary/aromatic N) is 3. The fraction of sp³-hybridized carbons (Fsp3) is 0.300. The number of aliphatic hydroxyl groups is 1. The van der Waals surface area contributed by atoms with Gasteiger partial charge < -0.3 is 25.4 Å². The van der Waals surface area contributed by atoms with Gasteiger partial charge in [0.15, 0.2) is 0 Å². The first-order valence-corrected chi connectivity index (χ1v) is 10.4. The molecule has 31 heavy (non-hydrogen) atoms. The summed E-state index contributed by atoms with van der Waals surface area (Å²) >= 11 is 10.2. The second-order valence-electron chi connectivity index (χ2n) is 6.18. The van der Waals surface area contributed by atoms with E-state index < -0.39 is 0 Å². The number of hydrogen-bond acceptors (Lipinski definition) is 8. The first kappa shape index (κ1) is 24.4. The summed E-state index contributed by atoms with van der Waals surface area (Å²) in [5.41, 5.74) is 1.07. The molecule has 9 nitrogen and oxygen atoms in total. The standard InChI is InChI=1S/C20H24ClN5O4S/c1-2-17(28)24-15-6-4-14(5-7-15)19(29)26(13-31)9-3-8-22-20-23-12-16(21)18(25-20)30-11-10-27/h2,4-7,12,27,31H,1,3,8-11,13H2,(H,24,28)(H,22,23,25). The summed E-state index contributed by atoms with van der Waals surface area (Å²) in [5.74, 6) is 0.287. The quantitative estimate of drug-likeness (QED) is 0.165. The third-order valence-corrected chi connectivity index (χ3v) is 4.57. The van der Waals surface area contributed by atoms with Crippen molar-refractivity contribution < 1.29 is 19.4 Å². The molecule has 2 aromatic rings. The lowest BCUT2D eigenvalue weighted by Gasteiger charge is -2.20. The molecule has 0 aliphatic carbocycles. The molecular weight excluding hydrogens is 442 g/mol. The highest BCUT2D eigenvalue weighted by molar-refractivity contribution is 7.80. The molecule has 0 saturated heterocycles. The molecule has 0 aliphatic rings. The summed E-state index contributed by atoms with van der Waals surface area (Å²) in [6.45, 7) is 4.30. The third kappa shape index (κ3) is 7.74. The van der Waals surface area contributed by atoms with Crippen LogP contribution in [0.15, 0.2) is 43.1 Å². The first-order valence-electron chi connectivity index (χ1n) is 9.42. The Labute approximate surface area is 190 Å². The average molecular weight is 466 g/mol. The molecule has 0 atom stereocenters. The number of ether oxygens (including phenoxy) is 1. The van der Waals surface area contributed by atoms with Crippen molar-refractivity contribution >= 4 is 47.7 Å². The molecule has 0 spiro atoms. The number of thiol groups is 1. The Kier molecular flexibility index (Phi) is 10.1.